The maximum atomic E-state index is 13.2. The van der Waals surface area contributed by atoms with Gasteiger partial charge < -0.3 is 15.0 Å². The lowest BCUT2D eigenvalue weighted by Gasteiger charge is -2.31. The van der Waals surface area contributed by atoms with Crippen LogP contribution in [0.15, 0.2) is 48.5 Å². The lowest BCUT2D eigenvalue weighted by molar-refractivity contribution is -0.140. The lowest BCUT2D eigenvalue weighted by atomic mass is 10.1. The third kappa shape index (κ3) is 6.79. The van der Waals surface area contributed by atoms with Crippen LogP contribution in [-0.2, 0) is 22.6 Å². The smallest absolute Gasteiger partial charge is 0.242 e. The molecule has 1 N–H and O–H groups in total. The zero-order valence-electron chi connectivity index (χ0n) is 17.3. The normalized spacial score (nSPS) is 11.6. The van der Waals surface area contributed by atoms with Crippen molar-refractivity contribution in [3.05, 3.63) is 64.7 Å². The second kappa shape index (κ2) is 11.5. The Kier molecular flexibility index (Phi) is 9.00. The molecule has 2 aromatic rings. The highest BCUT2D eigenvalue weighted by Crippen LogP contribution is 2.19. The van der Waals surface area contributed by atoms with Crippen molar-refractivity contribution in [1.29, 1.82) is 0 Å². The summed E-state index contributed by atoms with van der Waals surface area (Å²) in [5, 5.41) is 3.51. The largest absolute Gasteiger partial charge is 0.497 e. The van der Waals surface area contributed by atoms with Crippen LogP contribution >= 0.6 is 11.6 Å². The number of nitrogens with one attached hydrogen (secondary N) is 1. The van der Waals surface area contributed by atoms with Gasteiger partial charge in [0.15, 0.2) is 0 Å². The van der Waals surface area contributed by atoms with Gasteiger partial charge in [-0.1, -0.05) is 49.7 Å². The van der Waals surface area contributed by atoms with E-state index in [0.717, 1.165) is 17.5 Å². The molecule has 156 valence electrons. The molecule has 29 heavy (non-hydrogen) atoms. The van der Waals surface area contributed by atoms with E-state index >= 15 is 0 Å². The SMILES string of the molecule is CCCNC(=O)[C@H](CC)N(Cc1cccc(OC)c1)C(=O)Cc1cccc(Cl)c1. The summed E-state index contributed by atoms with van der Waals surface area (Å²) in [6, 6.07) is 14.2. The fraction of sp³-hybridized carbons (Fsp3) is 0.391. The van der Waals surface area contributed by atoms with Gasteiger partial charge in [0.1, 0.15) is 11.8 Å². The van der Waals surface area contributed by atoms with Crippen molar-refractivity contribution in [3.63, 3.8) is 0 Å². The van der Waals surface area contributed by atoms with Gasteiger partial charge in [-0.2, -0.15) is 0 Å². The van der Waals surface area contributed by atoms with Crippen molar-refractivity contribution in [2.24, 2.45) is 0 Å². The fourth-order valence-electron chi connectivity index (χ4n) is 3.18. The molecule has 0 spiro atoms. The summed E-state index contributed by atoms with van der Waals surface area (Å²) in [5.74, 6) is 0.471. The summed E-state index contributed by atoms with van der Waals surface area (Å²) in [4.78, 5) is 27.6. The standard InChI is InChI=1S/C23H29ClN2O3/c1-4-12-25-23(28)21(5-2)26(16-18-9-7-11-20(14-18)29-3)22(27)15-17-8-6-10-19(24)13-17/h6-11,13-14,21H,4-5,12,15-16H2,1-3H3,(H,25,28)/t21-/m0/s1. The zero-order valence-corrected chi connectivity index (χ0v) is 18.0. The van der Waals surface area contributed by atoms with E-state index in [4.69, 9.17) is 16.3 Å². The van der Waals surface area contributed by atoms with Gasteiger partial charge in [-0.3, -0.25) is 9.59 Å². The van der Waals surface area contributed by atoms with E-state index in [2.05, 4.69) is 5.32 Å². The molecule has 0 unspecified atom stereocenters. The number of carbonyl (C=O) groups excluding carboxylic acids is 2. The Hall–Kier alpha value is -2.53. The molecule has 0 bridgehead atoms. The van der Waals surface area contributed by atoms with E-state index in [1.54, 1.807) is 24.1 Å². The van der Waals surface area contributed by atoms with Crippen LogP contribution in [0.25, 0.3) is 0 Å². The first kappa shape index (κ1) is 22.8. The molecular weight excluding hydrogens is 388 g/mol. The van der Waals surface area contributed by atoms with Gasteiger partial charge in [-0.15, -0.1) is 0 Å². The van der Waals surface area contributed by atoms with Gasteiger partial charge in [0.2, 0.25) is 11.8 Å². The minimum Gasteiger partial charge on any atom is -0.497 e. The number of amides is 2. The molecule has 2 amide bonds. The van der Waals surface area contributed by atoms with Crippen molar-refractivity contribution in [2.75, 3.05) is 13.7 Å². The van der Waals surface area contributed by atoms with Gasteiger partial charge in [-0.05, 0) is 48.2 Å². The molecule has 0 fully saturated rings. The van der Waals surface area contributed by atoms with Gasteiger partial charge in [0.05, 0.1) is 13.5 Å². The van der Waals surface area contributed by atoms with Crippen molar-refractivity contribution in [2.45, 2.75) is 45.7 Å². The monoisotopic (exact) mass is 416 g/mol. The van der Waals surface area contributed by atoms with Gasteiger partial charge in [-0.25, -0.2) is 0 Å². The van der Waals surface area contributed by atoms with Gasteiger partial charge in [0, 0.05) is 18.1 Å². The number of hydrogen-bond acceptors (Lipinski definition) is 3. The third-order valence-electron chi connectivity index (χ3n) is 4.67. The number of nitrogens with zero attached hydrogens (tertiary/aromatic N) is 1. The number of rotatable bonds is 10. The molecule has 2 rings (SSSR count). The van der Waals surface area contributed by atoms with Crippen LogP contribution in [0.3, 0.4) is 0 Å². The minimum atomic E-state index is -0.542. The zero-order chi connectivity index (χ0) is 21.2. The van der Waals surface area contributed by atoms with E-state index in [1.165, 1.54) is 0 Å². The fourth-order valence-corrected chi connectivity index (χ4v) is 3.39. The summed E-state index contributed by atoms with van der Waals surface area (Å²) in [5.41, 5.74) is 1.73. The Morgan fingerprint density at radius 3 is 2.48 bits per heavy atom. The molecule has 0 aromatic heterocycles. The first-order valence-electron chi connectivity index (χ1n) is 9.93. The Bertz CT molecular complexity index is 825. The van der Waals surface area contributed by atoms with Crippen molar-refractivity contribution < 1.29 is 14.3 Å². The summed E-state index contributed by atoms with van der Waals surface area (Å²) < 4.78 is 5.30. The predicted molar refractivity (Wildman–Crippen MR) is 116 cm³/mol. The molecule has 0 saturated carbocycles. The van der Waals surface area contributed by atoms with E-state index in [-0.39, 0.29) is 18.2 Å². The highest BCUT2D eigenvalue weighted by atomic mass is 35.5. The van der Waals surface area contributed by atoms with Crippen LogP contribution in [0.1, 0.15) is 37.8 Å². The van der Waals surface area contributed by atoms with E-state index in [0.29, 0.717) is 30.3 Å². The maximum absolute atomic E-state index is 13.2. The maximum Gasteiger partial charge on any atom is 0.242 e. The molecule has 0 aliphatic heterocycles. The first-order valence-corrected chi connectivity index (χ1v) is 10.3. The second-order valence-electron chi connectivity index (χ2n) is 6.89. The van der Waals surface area contributed by atoms with Crippen molar-refractivity contribution in [1.82, 2.24) is 10.2 Å². The second-order valence-corrected chi connectivity index (χ2v) is 7.33. The molecule has 0 radical (unpaired) electrons. The Balaban J connectivity index is 2.29. The Labute approximate surface area is 178 Å². The molecule has 0 saturated heterocycles. The van der Waals surface area contributed by atoms with Crippen LogP contribution in [0.4, 0.5) is 0 Å². The number of benzene rings is 2. The van der Waals surface area contributed by atoms with Crippen LogP contribution in [0.2, 0.25) is 5.02 Å². The number of ether oxygens (including phenoxy) is 1. The van der Waals surface area contributed by atoms with Crippen molar-refractivity contribution in [3.8, 4) is 5.75 Å². The van der Waals surface area contributed by atoms with Crippen LogP contribution in [0, 0.1) is 0 Å². The average Bonchev–Trinajstić information content (AvgIpc) is 2.72. The highest BCUT2D eigenvalue weighted by Gasteiger charge is 2.28. The molecule has 1 atom stereocenters. The summed E-state index contributed by atoms with van der Waals surface area (Å²) in [6.07, 6.45) is 1.55. The topological polar surface area (TPSA) is 58.6 Å². The minimum absolute atomic E-state index is 0.117. The molecular formula is C23H29ClN2O3. The van der Waals surface area contributed by atoms with Crippen LogP contribution in [-0.4, -0.2) is 36.4 Å². The quantitative estimate of drug-likeness (QED) is 0.630. The molecule has 0 aliphatic rings. The average molecular weight is 417 g/mol. The van der Waals surface area contributed by atoms with Crippen LogP contribution < -0.4 is 10.1 Å². The molecule has 2 aromatic carbocycles. The van der Waals surface area contributed by atoms with E-state index < -0.39 is 6.04 Å². The first-order chi connectivity index (χ1) is 14.0. The van der Waals surface area contributed by atoms with E-state index in [9.17, 15) is 9.59 Å². The summed E-state index contributed by atoms with van der Waals surface area (Å²) in [7, 11) is 1.61. The van der Waals surface area contributed by atoms with Gasteiger partial charge in [0.25, 0.3) is 0 Å². The van der Waals surface area contributed by atoms with E-state index in [1.807, 2.05) is 50.2 Å². The number of hydrogen-bond donors (Lipinski definition) is 1. The Morgan fingerprint density at radius 2 is 1.83 bits per heavy atom. The highest BCUT2D eigenvalue weighted by molar-refractivity contribution is 6.30. The summed E-state index contributed by atoms with van der Waals surface area (Å²) >= 11 is 6.07. The van der Waals surface area contributed by atoms with Crippen molar-refractivity contribution >= 4 is 23.4 Å². The van der Waals surface area contributed by atoms with Crippen LogP contribution in [0.5, 0.6) is 5.75 Å². The number of halogens is 1. The lowest BCUT2D eigenvalue weighted by Crippen LogP contribution is -2.49. The third-order valence-corrected chi connectivity index (χ3v) is 4.90. The molecule has 6 heteroatoms. The number of methoxy groups -OCH3 is 1. The Morgan fingerprint density at radius 1 is 1.10 bits per heavy atom. The molecule has 0 heterocycles. The summed E-state index contributed by atoms with van der Waals surface area (Å²) in [6.45, 7) is 4.83. The number of carbonyl (C=O) groups is 2. The predicted octanol–water partition coefficient (Wildman–Crippen LogP) is 4.22. The molecule has 5 nitrogen and oxygen atoms in total. The van der Waals surface area contributed by atoms with Gasteiger partial charge >= 0.3 is 0 Å². The molecule has 0 aliphatic carbocycles.